The van der Waals surface area contributed by atoms with E-state index >= 15 is 0 Å². The predicted molar refractivity (Wildman–Crippen MR) is 17.6 cm³/mol. The molecule has 4 heteroatoms. The summed E-state index contributed by atoms with van der Waals surface area (Å²) in [5.41, 5.74) is 0. The Morgan fingerprint density at radius 2 is 1.25 bits per heavy atom. The summed E-state index contributed by atoms with van der Waals surface area (Å²) in [7, 11) is 0. The van der Waals surface area contributed by atoms with Crippen molar-refractivity contribution in [2.24, 2.45) is 0 Å². The summed E-state index contributed by atoms with van der Waals surface area (Å²) in [4.78, 5) is 0. The molecule has 0 aliphatic carbocycles. The first-order valence-corrected chi connectivity index (χ1v) is 0. The minimum atomic E-state index is 0. The fraction of sp³-hybridized carbons (Fsp3) is 0. The first-order valence-electron chi connectivity index (χ1n) is 0. The van der Waals surface area contributed by atoms with Crippen molar-refractivity contribution in [2.75, 3.05) is 0 Å². The molecular weight excluding hydrogens is 108 g/mol. The molecule has 0 unspecified atom stereocenters. The van der Waals surface area contributed by atoms with Gasteiger partial charge in [0.05, 0.1) is 0 Å². The van der Waals surface area contributed by atoms with Crippen molar-refractivity contribution in [3.63, 3.8) is 0 Å². The Morgan fingerprint density at radius 3 is 1.25 bits per heavy atom. The molecule has 20 valence electrons. The van der Waals surface area contributed by atoms with Gasteiger partial charge in [0.2, 0.25) is 0 Å². The van der Waals surface area contributed by atoms with Crippen LogP contribution < -0.4 is 87.1 Å². The van der Waals surface area contributed by atoms with Gasteiger partial charge in [0.25, 0.3) is 0 Å². The summed E-state index contributed by atoms with van der Waals surface area (Å²) in [6.07, 6.45) is 0. The Labute approximate surface area is 101 Å². The van der Waals surface area contributed by atoms with Crippen LogP contribution in [0.25, 0.3) is 0 Å². The van der Waals surface area contributed by atoms with Gasteiger partial charge in [0.15, 0.2) is 0 Å². The molecule has 0 aromatic heterocycles. The Hall–Kier alpha value is 2.95. The van der Waals surface area contributed by atoms with E-state index < -0.39 is 0 Å². The Kier molecular flexibility index (Phi) is 119. The summed E-state index contributed by atoms with van der Waals surface area (Å²) in [6.45, 7) is 0. The standard InChI is InChI=1S/K.H3N.Na.H2S.2H/h;1H3;;1H2;;/q+1;;+1;;2*-1. The van der Waals surface area contributed by atoms with E-state index in [9.17, 15) is 0 Å². The molecule has 0 amide bonds. The molecule has 0 fully saturated rings. The second kappa shape index (κ2) is 16.8. The SMILES string of the molecule is N.S.[H-].[H-].[K+].[Na+]. The quantitative estimate of drug-likeness (QED) is 0.314. The van der Waals surface area contributed by atoms with Crippen molar-refractivity contribution in [3.8, 4) is 0 Å². The first-order chi connectivity index (χ1) is 0. The van der Waals surface area contributed by atoms with Gasteiger partial charge in [-0.1, -0.05) is 0 Å². The summed E-state index contributed by atoms with van der Waals surface area (Å²) < 4.78 is 0. The molecule has 3 N–H and O–H groups in total. The molecule has 0 aliphatic rings. The van der Waals surface area contributed by atoms with Crippen LogP contribution in [0, 0.1) is 0 Å². The molecule has 0 saturated carbocycles. The molecule has 0 atom stereocenters. The van der Waals surface area contributed by atoms with E-state index in [-0.39, 0.29) is 103 Å². The average Bonchev–Trinajstić information content (AvgIpc) is 0. The molecule has 0 rings (SSSR count). The van der Waals surface area contributed by atoms with Crippen LogP contribution >= 0.6 is 13.5 Å². The fourth-order valence-corrected chi connectivity index (χ4v) is 0. The molecule has 0 aromatic carbocycles. The van der Waals surface area contributed by atoms with E-state index in [0.29, 0.717) is 0 Å². The van der Waals surface area contributed by atoms with Crippen molar-refractivity contribution >= 4 is 13.5 Å². The Balaban J connectivity index is 0. The van der Waals surface area contributed by atoms with Gasteiger partial charge in [-0.05, 0) is 0 Å². The average molecular weight is 115 g/mol. The molecule has 0 saturated heterocycles. The van der Waals surface area contributed by atoms with Crippen molar-refractivity contribution in [1.29, 1.82) is 0 Å². The van der Waals surface area contributed by atoms with Gasteiger partial charge in [0, 0.05) is 0 Å². The van der Waals surface area contributed by atoms with E-state index in [0.717, 1.165) is 0 Å². The molecule has 0 radical (unpaired) electrons. The summed E-state index contributed by atoms with van der Waals surface area (Å²) in [6, 6.07) is 0. The molecule has 0 spiro atoms. The third-order valence-corrected chi connectivity index (χ3v) is 0. The van der Waals surface area contributed by atoms with E-state index in [4.69, 9.17) is 0 Å². The van der Waals surface area contributed by atoms with Gasteiger partial charge in [-0.2, -0.15) is 13.5 Å². The van der Waals surface area contributed by atoms with E-state index in [2.05, 4.69) is 0 Å². The summed E-state index contributed by atoms with van der Waals surface area (Å²) in [5.74, 6) is 0. The number of hydrogen-bond acceptors (Lipinski definition) is 1. The second-order valence-corrected chi connectivity index (χ2v) is 0. The van der Waals surface area contributed by atoms with Crippen LogP contribution in [0.15, 0.2) is 0 Å². The van der Waals surface area contributed by atoms with Crippen LogP contribution in [0.3, 0.4) is 0 Å². The van der Waals surface area contributed by atoms with Crippen LogP contribution in [0.2, 0.25) is 0 Å². The van der Waals surface area contributed by atoms with E-state index in [1.54, 1.807) is 0 Å². The number of rotatable bonds is 0. The van der Waals surface area contributed by atoms with Gasteiger partial charge < -0.3 is 9.00 Å². The van der Waals surface area contributed by atoms with Crippen molar-refractivity contribution in [1.82, 2.24) is 6.15 Å². The Bertz CT molecular complexity index is 13.5. The molecule has 0 bridgehead atoms. The number of hydrogen-bond donors (Lipinski definition) is 1. The third-order valence-electron chi connectivity index (χ3n) is 0. The zero-order chi connectivity index (χ0) is 0. The second-order valence-electron chi connectivity index (χ2n) is 0. The molecule has 0 aromatic rings. The molecule has 1 nitrogen and oxygen atoms in total. The Morgan fingerprint density at radius 1 is 1.25 bits per heavy atom. The van der Waals surface area contributed by atoms with Crippen LogP contribution in [0.5, 0.6) is 0 Å². The normalized spacial score (nSPS) is 0. The predicted octanol–water partition coefficient (Wildman–Crippen LogP) is -5.49. The fourth-order valence-electron chi connectivity index (χ4n) is 0. The molecule has 0 aliphatic heterocycles. The molecular formula is H7KNNaS. The maximum atomic E-state index is 0. The van der Waals surface area contributed by atoms with Gasteiger partial charge in [0.1, 0.15) is 0 Å². The van der Waals surface area contributed by atoms with Crippen molar-refractivity contribution in [2.45, 2.75) is 0 Å². The summed E-state index contributed by atoms with van der Waals surface area (Å²) in [5, 5.41) is 0. The van der Waals surface area contributed by atoms with Crippen molar-refractivity contribution in [3.05, 3.63) is 0 Å². The van der Waals surface area contributed by atoms with Crippen LogP contribution in [0.4, 0.5) is 0 Å². The van der Waals surface area contributed by atoms with Gasteiger partial charge in [-0.25, -0.2) is 0 Å². The summed E-state index contributed by atoms with van der Waals surface area (Å²) >= 11 is 0. The molecule has 0 heterocycles. The smallest absolute Gasteiger partial charge is 1.00 e. The third kappa shape index (κ3) is 8.87. The largest absolute Gasteiger partial charge is 1.00 e. The maximum absolute atomic E-state index is 0. The molecule has 4 heavy (non-hydrogen) atoms. The maximum Gasteiger partial charge on any atom is 1.00 e. The van der Waals surface area contributed by atoms with Gasteiger partial charge in [-0.3, -0.25) is 0 Å². The topological polar surface area (TPSA) is 35.0 Å². The van der Waals surface area contributed by atoms with Crippen LogP contribution in [-0.4, -0.2) is 0 Å². The zero-order valence-corrected chi connectivity index (χ0v) is 9.33. The van der Waals surface area contributed by atoms with E-state index in [1.165, 1.54) is 0 Å². The van der Waals surface area contributed by atoms with Gasteiger partial charge in [-0.15, -0.1) is 0 Å². The van der Waals surface area contributed by atoms with E-state index in [1.807, 2.05) is 0 Å². The minimum absolute atomic E-state index is 0. The first kappa shape index (κ1) is 28.3. The zero-order valence-electron chi connectivity index (χ0n) is 5.21. The monoisotopic (exact) mass is 115 g/mol. The van der Waals surface area contributed by atoms with Gasteiger partial charge >= 0.3 is 80.9 Å². The van der Waals surface area contributed by atoms with Crippen LogP contribution in [0.1, 0.15) is 2.85 Å². The van der Waals surface area contributed by atoms with Crippen molar-refractivity contribution < 1.29 is 83.8 Å². The van der Waals surface area contributed by atoms with Crippen LogP contribution in [-0.2, 0) is 0 Å². The minimum Gasteiger partial charge on any atom is -1.00 e.